The Labute approximate surface area is 378 Å². The van der Waals surface area contributed by atoms with Gasteiger partial charge in [-0.2, -0.15) is 0 Å². The molecule has 5 N–H and O–H groups in total. The van der Waals surface area contributed by atoms with Gasteiger partial charge >= 0.3 is 12.2 Å². The van der Waals surface area contributed by atoms with E-state index in [2.05, 4.69) is 26.3 Å². The maximum atomic E-state index is 14.0. The first kappa shape index (κ1) is 45.9. The summed E-state index contributed by atoms with van der Waals surface area (Å²) in [6, 6.07) is 29.1. The Morgan fingerprint density at radius 2 is 1.03 bits per heavy atom. The van der Waals surface area contributed by atoms with E-state index in [0.29, 0.717) is 61.3 Å². The maximum Gasteiger partial charge on any atom is 0.408 e. The van der Waals surface area contributed by atoms with Crippen molar-refractivity contribution in [1.29, 1.82) is 0 Å². The number of carbonyl (C=O) groups is 6. The van der Waals surface area contributed by atoms with Gasteiger partial charge in [-0.25, -0.2) is 9.59 Å². The molecule has 340 valence electrons. The van der Waals surface area contributed by atoms with E-state index in [1.54, 1.807) is 108 Å². The summed E-state index contributed by atoms with van der Waals surface area (Å²) in [5.74, 6) is -1.44. The Balaban J connectivity index is 0.988. The average Bonchev–Trinajstić information content (AvgIpc) is 4.05. The van der Waals surface area contributed by atoms with Gasteiger partial charge in [0.05, 0.1) is 0 Å². The number of aromatic amines is 1. The summed E-state index contributed by atoms with van der Waals surface area (Å²) in [6.45, 7) is 11.2. The van der Waals surface area contributed by atoms with Crippen molar-refractivity contribution in [3.63, 3.8) is 0 Å². The quantitative estimate of drug-likeness (QED) is 0.0876. The first-order chi connectivity index (χ1) is 30.9. The van der Waals surface area contributed by atoms with Crippen molar-refractivity contribution < 1.29 is 38.2 Å². The van der Waals surface area contributed by atoms with Crippen LogP contribution in [0, 0.1) is 0 Å². The monoisotopic (exact) mass is 883 g/mol. The number of hydrogen-bond acceptors (Lipinski definition) is 8. The number of benzene rings is 4. The molecule has 0 spiro atoms. The standard InChI is InChI=1S/C50H57N7O8/c1-49(2,3)64-47(62)54-41(32-15-9-7-10-16-32)45(60)56-27-13-19-39(56)43(58)51-35-23-21-31(22-24-35)38-30-34-29-36(25-26-37(34)53-38)52-44(59)40-20-14-28-57(40)46(61)42(33-17-11-8-12-18-33)55-48(63)65-50(4,5)6/h7-12,15-18,21-26,29-30,39-42,53H,13-14,19-20,27-28H2,1-6H3,(H,51,58)(H,52,59)(H,54,62)(H,55,63)/t39-,40-,41-,42-/m0/s1. The van der Waals surface area contributed by atoms with Crippen molar-refractivity contribution in [2.45, 2.75) is 103 Å². The first-order valence-electron chi connectivity index (χ1n) is 22.0. The molecule has 4 atom stereocenters. The van der Waals surface area contributed by atoms with Gasteiger partial charge in [-0.3, -0.25) is 19.2 Å². The number of ether oxygens (including phenoxy) is 2. The lowest BCUT2D eigenvalue weighted by atomic mass is 10.0. The van der Waals surface area contributed by atoms with E-state index in [-0.39, 0.29) is 11.8 Å². The highest BCUT2D eigenvalue weighted by Gasteiger charge is 2.40. The molecule has 65 heavy (non-hydrogen) atoms. The van der Waals surface area contributed by atoms with E-state index in [1.807, 2.05) is 42.5 Å². The summed E-state index contributed by atoms with van der Waals surface area (Å²) in [5, 5.41) is 12.3. The number of anilines is 2. The number of rotatable bonds is 11. The zero-order valence-corrected chi connectivity index (χ0v) is 37.6. The third-order valence-corrected chi connectivity index (χ3v) is 11.1. The molecule has 2 saturated heterocycles. The minimum Gasteiger partial charge on any atom is -0.444 e. The van der Waals surface area contributed by atoms with Crippen LogP contribution in [0.25, 0.3) is 22.2 Å². The van der Waals surface area contributed by atoms with Gasteiger partial charge in [0, 0.05) is 41.1 Å². The van der Waals surface area contributed by atoms with Crippen LogP contribution < -0.4 is 21.3 Å². The molecule has 1 aromatic heterocycles. The van der Waals surface area contributed by atoms with Gasteiger partial charge in [0.1, 0.15) is 35.4 Å². The summed E-state index contributed by atoms with van der Waals surface area (Å²) in [5.41, 5.74) is 3.26. The summed E-state index contributed by atoms with van der Waals surface area (Å²) in [6.07, 6.45) is 0.744. The van der Waals surface area contributed by atoms with Crippen molar-refractivity contribution in [2.24, 2.45) is 0 Å². The second-order valence-corrected chi connectivity index (χ2v) is 18.4. The van der Waals surface area contributed by atoms with Crippen LogP contribution >= 0.6 is 0 Å². The summed E-state index contributed by atoms with van der Waals surface area (Å²) in [4.78, 5) is 87.6. The van der Waals surface area contributed by atoms with E-state index in [9.17, 15) is 28.8 Å². The lowest BCUT2D eigenvalue weighted by Gasteiger charge is -2.29. The number of nitrogens with zero attached hydrogens (tertiary/aromatic N) is 2. The van der Waals surface area contributed by atoms with Crippen molar-refractivity contribution in [2.75, 3.05) is 23.7 Å². The van der Waals surface area contributed by atoms with Gasteiger partial charge in [0.25, 0.3) is 11.8 Å². The van der Waals surface area contributed by atoms with Gasteiger partial charge in [0.2, 0.25) is 11.8 Å². The van der Waals surface area contributed by atoms with Crippen molar-refractivity contribution in [1.82, 2.24) is 25.4 Å². The summed E-state index contributed by atoms with van der Waals surface area (Å²) in [7, 11) is 0. The number of alkyl carbamates (subject to hydrolysis) is 2. The number of likely N-dealkylation sites (tertiary alicyclic amines) is 2. The highest BCUT2D eigenvalue weighted by atomic mass is 16.6. The largest absolute Gasteiger partial charge is 0.444 e. The number of aromatic nitrogens is 1. The molecule has 7 rings (SSSR count). The molecular weight excluding hydrogens is 827 g/mol. The zero-order valence-electron chi connectivity index (χ0n) is 37.6. The molecule has 0 bridgehead atoms. The molecule has 15 heteroatoms. The Bertz CT molecular complexity index is 2530. The molecule has 2 fully saturated rings. The minimum absolute atomic E-state index is 0.327. The maximum absolute atomic E-state index is 14.0. The van der Waals surface area contributed by atoms with Gasteiger partial charge in [-0.05, 0) is 120 Å². The molecular formula is C50H57N7O8. The Hall–Kier alpha value is -7.16. The zero-order chi connectivity index (χ0) is 46.5. The predicted octanol–water partition coefficient (Wildman–Crippen LogP) is 8.23. The van der Waals surface area contributed by atoms with Gasteiger partial charge in [-0.1, -0.05) is 72.8 Å². The number of H-pyrrole nitrogens is 1. The number of fused-ring (bicyclic) bond motifs is 1. The van der Waals surface area contributed by atoms with E-state index in [0.717, 1.165) is 22.2 Å². The molecule has 5 aromatic rings. The van der Waals surface area contributed by atoms with Crippen LogP contribution in [0.3, 0.4) is 0 Å². The van der Waals surface area contributed by atoms with Crippen molar-refractivity contribution >= 4 is 58.1 Å². The smallest absolute Gasteiger partial charge is 0.408 e. The fraction of sp³-hybridized carbons (Fsp3) is 0.360. The molecule has 0 aliphatic carbocycles. The molecule has 4 aromatic carbocycles. The summed E-state index contributed by atoms with van der Waals surface area (Å²) >= 11 is 0. The van der Waals surface area contributed by atoms with Crippen LogP contribution in [-0.2, 0) is 28.7 Å². The first-order valence-corrected chi connectivity index (χ1v) is 22.0. The molecule has 2 aliphatic heterocycles. The molecule has 0 radical (unpaired) electrons. The van der Waals surface area contributed by atoms with Crippen molar-refractivity contribution in [3.8, 4) is 11.3 Å². The van der Waals surface area contributed by atoms with E-state index < -0.39 is 59.4 Å². The minimum atomic E-state index is -1.04. The van der Waals surface area contributed by atoms with Crippen LogP contribution in [0.1, 0.15) is 90.4 Å². The molecule has 2 aliphatic rings. The van der Waals surface area contributed by atoms with Crippen LogP contribution in [0.2, 0.25) is 0 Å². The van der Waals surface area contributed by atoms with E-state index in [4.69, 9.17) is 9.47 Å². The highest BCUT2D eigenvalue weighted by Crippen LogP contribution is 2.31. The molecule has 0 unspecified atom stereocenters. The SMILES string of the molecule is CC(C)(C)OC(=O)N[C@H](C(=O)N1CCC[C@H]1C(=O)Nc1ccc(-c2cc3cc(NC(=O)[C@@H]4CCCN4C(=O)[C@@H](NC(=O)OC(C)(C)C)c4ccccc4)ccc3[nH]2)cc1)c1ccccc1. The summed E-state index contributed by atoms with van der Waals surface area (Å²) < 4.78 is 10.9. The number of hydrogen-bond donors (Lipinski definition) is 5. The second kappa shape index (κ2) is 19.3. The lowest BCUT2D eigenvalue weighted by molar-refractivity contribution is -0.138. The van der Waals surface area contributed by atoms with Crippen LogP contribution in [0.15, 0.2) is 109 Å². The van der Waals surface area contributed by atoms with E-state index in [1.165, 1.54) is 9.80 Å². The molecule has 6 amide bonds. The van der Waals surface area contributed by atoms with Gasteiger partial charge in [-0.15, -0.1) is 0 Å². The Morgan fingerprint density at radius 3 is 1.49 bits per heavy atom. The second-order valence-electron chi connectivity index (χ2n) is 18.4. The number of amides is 6. The third-order valence-electron chi connectivity index (χ3n) is 11.1. The lowest BCUT2D eigenvalue weighted by Crippen LogP contribution is -2.49. The molecule has 15 nitrogen and oxygen atoms in total. The van der Waals surface area contributed by atoms with E-state index >= 15 is 0 Å². The predicted molar refractivity (Wildman–Crippen MR) is 248 cm³/mol. The van der Waals surface area contributed by atoms with Gasteiger partial charge in [0.15, 0.2) is 0 Å². The fourth-order valence-electron chi connectivity index (χ4n) is 8.21. The fourth-order valence-corrected chi connectivity index (χ4v) is 8.21. The van der Waals surface area contributed by atoms with Crippen molar-refractivity contribution in [3.05, 3.63) is 120 Å². The van der Waals surface area contributed by atoms with Crippen LogP contribution in [0.4, 0.5) is 21.0 Å². The topological polar surface area (TPSA) is 191 Å². The van der Waals surface area contributed by atoms with Crippen LogP contribution in [-0.4, -0.2) is 87.0 Å². The Kier molecular flexibility index (Phi) is 13.6. The Morgan fingerprint density at radius 1 is 0.585 bits per heavy atom. The number of nitrogens with one attached hydrogen (secondary N) is 5. The highest BCUT2D eigenvalue weighted by molar-refractivity contribution is 6.01. The average molecular weight is 884 g/mol. The third kappa shape index (κ3) is 11.5. The normalized spacial score (nSPS) is 17.2. The van der Waals surface area contributed by atoms with Gasteiger partial charge < -0.3 is 45.5 Å². The molecule has 0 saturated carbocycles. The van der Waals surface area contributed by atoms with Crippen LogP contribution in [0.5, 0.6) is 0 Å². The number of carbonyl (C=O) groups excluding carboxylic acids is 6. The molecule has 3 heterocycles.